The number of aliphatic hydroxyl groups excluding tert-OH is 1. The number of methoxy groups -OCH3 is 1. The zero-order chi connectivity index (χ0) is 42.3. The van der Waals surface area contributed by atoms with Gasteiger partial charge < -0.3 is 37.9 Å². The summed E-state index contributed by atoms with van der Waals surface area (Å²) in [6, 6.07) is 28.5. The minimum absolute atomic E-state index is 0.0224. The molecule has 0 bridgehead atoms. The molecular formula is C47H57NO11. The van der Waals surface area contributed by atoms with E-state index in [1.807, 2.05) is 106 Å². The third-order valence-electron chi connectivity index (χ3n) is 11.0. The van der Waals surface area contributed by atoms with Crippen LogP contribution in [-0.2, 0) is 52.9 Å². The van der Waals surface area contributed by atoms with Crippen LogP contribution in [0.2, 0.25) is 0 Å². The summed E-state index contributed by atoms with van der Waals surface area (Å²) in [6.45, 7) is 11.3. The maximum absolute atomic E-state index is 14.0. The van der Waals surface area contributed by atoms with E-state index in [0.717, 1.165) is 32.7 Å². The Morgan fingerprint density at radius 1 is 0.847 bits per heavy atom. The van der Waals surface area contributed by atoms with E-state index in [1.165, 1.54) is 14.0 Å². The van der Waals surface area contributed by atoms with Crippen molar-refractivity contribution in [2.75, 3.05) is 20.3 Å². The molecule has 12 heteroatoms. The quantitative estimate of drug-likeness (QED) is 0.0600. The molecule has 4 aromatic rings. The molecule has 0 spiro atoms. The molecule has 7 atom stereocenters. The number of hydrogen-bond donors (Lipinski definition) is 1. The second-order valence-electron chi connectivity index (χ2n) is 16.2. The SMILES string of the molecule is CO[C@H]1O[C@H](CO)[C@@H](OCc2ccccc2)[C@H](OCc2ccccc2)[C@@H]1OCCCc1oc(C(=O)[C@H](C)C(=O)N2C(=O)OC(C)(C)[C@@H]2C(C)C)cc1-c1cccc(C)c1. The summed E-state index contributed by atoms with van der Waals surface area (Å²) in [6.07, 6.45) is -3.63. The number of ether oxygens (including phenoxy) is 6. The van der Waals surface area contributed by atoms with E-state index >= 15 is 0 Å². The van der Waals surface area contributed by atoms with Gasteiger partial charge in [-0.25, -0.2) is 9.69 Å². The summed E-state index contributed by atoms with van der Waals surface area (Å²) in [7, 11) is 1.52. The number of benzene rings is 3. The van der Waals surface area contributed by atoms with Gasteiger partial charge in [0.25, 0.3) is 0 Å². The molecule has 2 amide bonds. The maximum atomic E-state index is 14.0. The Bertz CT molecular complexity index is 2010. The minimum Gasteiger partial charge on any atom is -0.457 e. The number of aliphatic hydroxyl groups is 1. The van der Waals surface area contributed by atoms with Crippen molar-refractivity contribution in [3.8, 4) is 11.1 Å². The van der Waals surface area contributed by atoms with Gasteiger partial charge in [0.2, 0.25) is 11.7 Å². The van der Waals surface area contributed by atoms with Gasteiger partial charge in [-0.15, -0.1) is 0 Å². The van der Waals surface area contributed by atoms with E-state index in [4.69, 9.17) is 32.8 Å². The summed E-state index contributed by atoms with van der Waals surface area (Å²) >= 11 is 0. The fourth-order valence-corrected chi connectivity index (χ4v) is 8.18. The first kappa shape index (κ1) is 43.9. The van der Waals surface area contributed by atoms with Crippen molar-refractivity contribution in [1.82, 2.24) is 4.90 Å². The lowest BCUT2D eigenvalue weighted by Crippen LogP contribution is -2.61. The van der Waals surface area contributed by atoms with Crippen molar-refractivity contribution in [3.63, 3.8) is 0 Å². The van der Waals surface area contributed by atoms with Gasteiger partial charge in [-0.05, 0) is 62.8 Å². The number of furan rings is 1. The van der Waals surface area contributed by atoms with Crippen molar-refractivity contribution in [2.24, 2.45) is 11.8 Å². The number of amides is 2. The summed E-state index contributed by atoms with van der Waals surface area (Å²) in [5, 5.41) is 10.4. The number of carbonyl (C=O) groups excluding carboxylic acids is 3. The van der Waals surface area contributed by atoms with Crippen LogP contribution < -0.4 is 0 Å². The summed E-state index contributed by atoms with van der Waals surface area (Å²) in [5.74, 6) is -1.89. The first-order chi connectivity index (χ1) is 28.3. The standard InChI is InChI=1S/C47H57NO11/c1-29(2)43-47(5,6)59-46(52)48(43)44(51)31(4)39(50)37-25-35(34-21-14-16-30(3)24-34)36(57-37)22-15-23-54-42-41(56-28-33-19-12-9-13-20-33)40(38(26-49)58-45(42)53-7)55-27-32-17-10-8-11-18-32/h8-14,16-21,24-25,29,31,38,40-43,45,49H,15,22-23,26-28H2,1-7H3/t31-,38+,40+,41-,42-,43-,45-/m0/s1. The summed E-state index contributed by atoms with van der Waals surface area (Å²) < 4.78 is 43.4. The molecule has 2 saturated heterocycles. The fourth-order valence-electron chi connectivity index (χ4n) is 8.18. The van der Waals surface area contributed by atoms with Crippen LogP contribution in [0.5, 0.6) is 0 Å². The Labute approximate surface area is 346 Å². The maximum Gasteiger partial charge on any atom is 0.417 e. The molecule has 2 fully saturated rings. The second kappa shape index (κ2) is 19.6. The molecule has 6 rings (SSSR count). The van der Waals surface area contributed by atoms with Crippen LogP contribution >= 0.6 is 0 Å². The Hall–Kier alpha value is -4.69. The second-order valence-corrected chi connectivity index (χ2v) is 16.2. The number of rotatable bonds is 18. The highest BCUT2D eigenvalue weighted by Gasteiger charge is 2.53. The Balaban J connectivity index is 1.21. The molecule has 0 unspecified atom stereocenters. The molecule has 1 N–H and O–H groups in total. The molecule has 2 aliphatic heterocycles. The van der Waals surface area contributed by atoms with Crippen LogP contribution in [0.3, 0.4) is 0 Å². The molecule has 2 aliphatic rings. The predicted octanol–water partition coefficient (Wildman–Crippen LogP) is 7.71. The minimum atomic E-state index is -1.20. The normalized spacial score (nSPS) is 23.3. The van der Waals surface area contributed by atoms with Gasteiger partial charge in [0.15, 0.2) is 12.1 Å². The van der Waals surface area contributed by atoms with Gasteiger partial charge in [0.05, 0.1) is 25.9 Å². The lowest BCUT2D eigenvalue weighted by molar-refractivity contribution is -0.319. The van der Waals surface area contributed by atoms with Gasteiger partial charge in [0, 0.05) is 25.7 Å². The van der Waals surface area contributed by atoms with Crippen molar-refractivity contribution in [1.29, 1.82) is 0 Å². The number of ketones is 1. The molecule has 316 valence electrons. The zero-order valence-corrected chi connectivity index (χ0v) is 35.0. The van der Waals surface area contributed by atoms with Crippen LogP contribution in [0.1, 0.15) is 74.0 Å². The Morgan fingerprint density at radius 3 is 2.08 bits per heavy atom. The van der Waals surface area contributed by atoms with Gasteiger partial charge in [-0.3, -0.25) is 9.59 Å². The average molecular weight is 812 g/mol. The van der Waals surface area contributed by atoms with Crippen LogP contribution in [0.4, 0.5) is 4.79 Å². The van der Waals surface area contributed by atoms with Gasteiger partial charge in [0.1, 0.15) is 41.7 Å². The number of Topliss-reactive ketones (excluding diaryl/α,β-unsaturated/α-hetero) is 1. The van der Waals surface area contributed by atoms with E-state index in [9.17, 15) is 19.5 Å². The van der Waals surface area contributed by atoms with Crippen molar-refractivity contribution in [3.05, 3.63) is 119 Å². The lowest BCUT2D eigenvalue weighted by atomic mass is 9.88. The van der Waals surface area contributed by atoms with Gasteiger partial charge >= 0.3 is 6.09 Å². The van der Waals surface area contributed by atoms with Crippen LogP contribution in [0.25, 0.3) is 11.1 Å². The van der Waals surface area contributed by atoms with Crippen LogP contribution in [0.15, 0.2) is 95.4 Å². The molecular weight excluding hydrogens is 755 g/mol. The molecule has 12 nitrogen and oxygen atoms in total. The molecule has 0 radical (unpaired) electrons. The summed E-state index contributed by atoms with van der Waals surface area (Å²) in [4.78, 5) is 41.8. The van der Waals surface area contributed by atoms with Crippen LogP contribution in [0, 0.1) is 18.8 Å². The monoisotopic (exact) mass is 811 g/mol. The van der Waals surface area contributed by atoms with Crippen LogP contribution in [-0.4, -0.2) is 90.5 Å². The van der Waals surface area contributed by atoms with Crippen molar-refractivity contribution < 1.29 is 52.3 Å². The smallest absolute Gasteiger partial charge is 0.417 e. The first-order valence-corrected chi connectivity index (χ1v) is 20.3. The largest absolute Gasteiger partial charge is 0.457 e. The number of nitrogens with zero attached hydrogens (tertiary/aromatic N) is 1. The zero-order valence-electron chi connectivity index (χ0n) is 35.0. The molecule has 1 aromatic heterocycles. The highest BCUT2D eigenvalue weighted by Crippen LogP contribution is 2.37. The highest BCUT2D eigenvalue weighted by atomic mass is 16.7. The molecule has 0 saturated carbocycles. The first-order valence-electron chi connectivity index (χ1n) is 20.3. The van der Waals surface area contributed by atoms with Gasteiger partial charge in [-0.2, -0.15) is 0 Å². The number of hydrogen-bond acceptors (Lipinski definition) is 11. The number of carbonyl (C=O) groups is 3. The van der Waals surface area contributed by atoms with Crippen molar-refractivity contribution >= 4 is 17.8 Å². The van der Waals surface area contributed by atoms with Gasteiger partial charge in [-0.1, -0.05) is 104 Å². The third kappa shape index (κ3) is 10.2. The van der Waals surface area contributed by atoms with E-state index < -0.39 is 66.1 Å². The average Bonchev–Trinajstić information content (AvgIpc) is 3.77. The molecule has 3 heterocycles. The van der Waals surface area contributed by atoms with E-state index in [-0.39, 0.29) is 38.1 Å². The highest BCUT2D eigenvalue weighted by molar-refractivity contribution is 6.12. The number of aryl methyl sites for hydroxylation is 2. The van der Waals surface area contributed by atoms with E-state index in [0.29, 0.717) is 18.6 Å². The molecule has 3 aromatic carbocycles. The molecule has 59 heavy (non-hydrogen) atoms. The van der Waals surface area contributed by atoms with E-state index in [2.05, 4.69) is 0 Å². The van der Waals surface area contributed by atoms with Crippen molar-refractivity contribution in [2.45, 2.75) is 110 Å². The third-order valence-corrected chi connectivity index (χ3v) is 11.0. The molecule has 0 aliphatic carbocycles. The fraction of sp³-hybridized carbons (Fsp3) is 0.468. The number of cyclic esters (lactones) is 1. The number of imide groups is 1. The predicted molar refractivity (Wildman–Crippen MR) is 219 cm³/mol. The lowest BCUT2D eigenvalue weighted by Gasteiger charge is -2.45. The Kier molecular flexibility index (Phi) is 14.6. The van der Waals surface area contributed by atoms with E-state index in [1.54, 1.807) is 19.9 Å². The summed E-state index contributed by atoms with van der Waals surface area (Å²) in [5.41, 5.74) is 3.62. The Morgan fingerprint density at radius 2 is 1.49 bits per heavy atom. The topological polar surface area (TPSA) is 143 Å².